The molecule has 0 aromatic heterocycles. The van der Waals surface area contributed by atoms with Gasteiger partial charge in [-0.2, -0.15) is 0 Å². The Balaban J connectivity index is 0.00000200. The van der Waals surface area contributed by atoms with Crippen molar-refractivity contribution in [1.29, 1.82) is 0 Å². The lowest BCUT2D eigenvalue weighted by atomic mass is 10.0. The molecular formula is C15H14Cl2O4. The van der Waals surface area contributed by atoms with Crippen molar-refractivity contribution in [2.24, 2.45) is 0 Å². The topological polar surface area (TPSA) is 74.6 Å². The molecule has 2 aromatic carbocycles. The zero-order chi connectivity index (χ0) is 13.8. The summed E-state index contributed by atoms with van der Waals surface area (Å²) < 4.78 is 0. The van der Waals surface area contributed by atoms with E-state index in [1.807, 2.05) is 0 Å². The zero-order valence-corrected chi connectivity index (χ0v) is 12.5. The number of halogens is 2. The first-order chi connectivity index (χ1) is 9.06. The van der Waals surface area contributed by atoms with Gasteiger partial charge in [0.05, 0.1) is 11.1 Å². The van der Waals surface area contributed by atoms with E-state index in [1.165, 1.54) is 0 Å². The molecule has 112 valence electrons. The normalized spacial score (nSPS) is 9.14. The number of carboxylic acids is 2. The molecule has 0 aliphatic rings. The third-order valence-electron chi connectivity index (χ3n) is 2.81. The molecule has 0 amide bonds. The number of aromatic carboxylic acids is 2. The zero-order valence-electron chi connectivity index (χ0n) is 10.9. The first kappa shape index (κ1) is 19.0. The molecule has 6 heteroatoms. The van der Waals surface area contributed by atoms with Crippen molar-refractivity contribution in [3.63, 3.8) is 0 Å². The minimum atomic E-state index is -0.947. The van der Waals surface area contributed by atoms with E-state index < -0.39 is 11.9 Å². The first-order valence-electron chi connectivity index (χ1n) is 5.71. The van der Waals surface area contributed by atoms with Crippen molar-refractivity contribution in [3.05, 3.63) is 70.8 Å². The molecule has 0 fully saturated rings. The fourth-order valence-electron chi connectivity index (χ4n) is 1.77. The molecule has 0 spiro atoms. The van der Waals surface area contributed by atoms with E-state index in [4.69, 9.17) is 10.2 Å². The van der Waals surface area contributed by atoms with E-state index in [9.17, 15) is 9.59 Å². The van der Waals surface area contributed by atoms with Crippen LogP contribution in [0, 0.1) is 0 Å². The number of carbonyl (C=O) groups is 2. The Bertz CT molecular complexity index is 551. The van der Waals surface area contributed by atoms with E-state index in [2.05, 4.69) is 0 Å². The van der Waals surface area contributed by atoms with Gasteiger partial charge in [-0.3, -0.25) is 0 Å². The highest BCUT2D eigenvalue weighted by Crippen LogP contribution is 2.12. The molecule has 0 radical (unpaired) electrons. The van der Waals surface area contributed by atoms with Crippen molar-refractivity contribution in [2.45, 2.75) is 6.42 Å². The fraction of sp³-hybridized carbons (Fsp3) is 0.0667. The Morgan fingerprint density at radius 2 is 0.952 bits per heavy atom. The number of rotatable bonds is 4. The molecule has 0 bridgehead atoms. The molecule has 0 saturated carbocycles. The van der Waals surface area contributed by atoms with E-state index >= 15 is 0 Å². The summed E-state index contributed by atoms with van der Waals surface area (Å²) in [4.78, 5) is 21.4. The van der Waals surface area contributed by atoms with Crippen LogP contribution in [0.3, 0.4) is 0 Å². The van der Waals surface area contributed by atoms with Crippen molar-refractivity contribution in [2.75, 3.05) is 0 Å². The Labute approximate surface area is 134 Å². The Hall–Kier alpha value is -2.04. The summed E-state index contributed by atoms with van der Waals surface area (Å²) in [7, 11) is 0. The highest BCUT2D eigenvalue weighted by molar-refractivity contribution is 5.88. The number of hydrogen-bond acceptors (Lipinski definition) is 2. The van der Waals surface area contributed by atoms with Gasteiger partial charge in [-0.1, -0.05) is 24.3 Å². The van der Waals surface area contributed by atoms with E-state index in [-0.39, 0.29) is 35.9 Å². The summed E-state index contributed by atoms with van der Waals surface area (Å²) in [5, 5.41) is 17.6. The van der Waals surface area contributed by atoms with Crippen LogP contribution in [0.5, 0.6) is 0 Å². The molecule has 0 saturated heterocycles. The SMILES string of the molecule is Cl.Cl.O=C(O)c1ccc(Cc2ccc(C(=O)O)cc2)cc1. The van der Waals surface area contributed by atoms with E-state index in [0.29, 0.717) is 6.42 Å². The average Bonchev–Trinajstić information content (AvgIpc) is 2.40. The quantitative estimate of drug-likeness (QED) is 0.900. The Morgan fingerprint density at radius 3 is 1.19 bits per heavy atom. The maximum absolute atomic E-state index is 10.7. The van der Waals surface area contributed by atoms with Crippen LogP contribution in [0.2, 0.25) is 0 Å². The molecule has 0 aliphatic carbocycles. The maximum Gasteiger partial charge on any atom is 0.335 e. The van der Waals surface area contributed by atoms with Gasteiger partial charge in [0.1, 0.15) is 0 Å². The summed E-state index contributed by atoms with van der Waals surface area (Å²) >= 11 is 0. The summed E-state index contributed by atoms with van der Waals surface area (Å²) in [6.45, 7) is 0. The lowest BCUT2D eigenvalue weighted by molar-refractivity contribution is 0.0686. The molecule has 2 N–H and O–H groups in total. The molecule has 2 aromatic rings. The van der Waals surface area contributed by atoms with Gasteiger partial charge in [-0.15, -0.1) is 24.8 Å². The first-order valence-corrected chi connectivity index (χ1v) is 5.71. The van der Waals surface area contributed by atoms with Crippen LogP contribution in [0.15, 0.2) is 48.5 Å². The van der Waals surface area contributed by atoms with Gasteiger partial charge >= 0.3 is 11.9 Å². The molecule has 4 nitrogen and oxygen atoms in total. The fourth-order valence-corrected chi connectivity index (χ4v) is 1.77. The summed E-state index contributed by atoms with van der Waals surface area (Å²) in [5.41, 5.74) is 2.47. The number of hydrogen-bond donors (Lipinski definition) is 2. The second-order valence-electron chi connectivity index (χ2n) is 4.18. The molecule has 0 atom stereocenters. The van der Waals surface area contributed by atoms with Gasteiger partial charge in [0.2, 0.25) is 0 Å². The average molecular weight is 329 g/mol. The predicted octanol–water partition coefficient (Wildman–Crippen LogP) is 3.52. The highest BCUT2D eigenvalue weighted by atomic mass is 35.5. The van der Waals surface area contributed by atoms with Crippen molar-refractivity contribution < 1.29 is 19.8 Å². The van der Waals surface area contributed by atoms with E-state index in [0.717, 1.165) is 11.1 Å². The predicted molar refractivity (Wildman–Crippen MR) is 84.1 cm³/mol. The molecule has 0 unspecified atom stereocenters. The van der Waals surface area contributed by atoms with Gasteiger partial charge < -0.3 is 10.2 Å². The van der Waals surface area contributed by atoms with Crippen LogP contribution in [0.1, 0.15) is 31.8 Å². The second kappa shape index (κ2) is 8.29. The minimum Gasteiger partial charge on any atom is -0.478 e. The van der Waals surface area contributed by atoms with Gasteiger partial charge in [-0.05, 0) is 41.8 Å². The van der Waals surface area contributed by atoms with Crippen LogP contribution < -0.4 is 0 Å². The lowest BCUT2D eigenvalue weighted by Crippen LogP contribution is -1.98. The Kier molecular flexibility index (Phi) is 7.49. The molecule has 0 aliphatic heterocycles. The van der Waals surface area contributed by atoms with Crippen LogP contribution >= 0.6 is 24.8 Å². The molecule has 21 heavy (non-hydrogen) atoms. The van der Waals surface area contributed by atoms with Gasteiger partial charge in [0, 0.05) is 0 Å². The third kappa shape index (κ3) is 5.10. The number of benzene rings is 2. The molecule has 2 rings (SSSR count). The van der Waals surface area contributed by atoms with Gasteiger partial charge in [-0.25, -0.2) is 9.59 Å². The van der Waals surface area contributed by atoms with Gasteiger partial charge in [0.15, 0.2) is 0 Å². The van der Waals surface area contributed by atoms with Crippen LogP contribution in [-0.4, -0.2) is 22.2 Å². The largest absolute Gasteiger partial charge is 0.478 e. The summed E-state index contributed by atoms with van der Waals surface area (Å²) in [6.07, 6.45) is 0.639. The lowest BCUT2D eigenvalue weighted by Gasteiger charge is -2.03. The third-order valence-corrected chi connectivity index (χ3v) is 2.81. The Morgan fingerprint density at radius 1 is 0.667 bits per heavy atom. The van der Waals surface area contributed by atoms with Crippen LogP contribution in [-0.2, 0) is 6.42 Å². The highest BCUT2D eigenvalue weighted by Gasteiger charge is 2.04. The second-order valence-corrected chi connectivity index (χ2v) is 4.18. The van der Waals surface area contributed by atoms with Crippen LogP contribution in [0.25, 0.3) is 0 Å². The van der Waals surface area contributed by atoms with Gasteiger partial charge in [0.25, 0.3) is 0 Å². The number of carboxylic acid groups (broad SMARTS) is 2. The standard InChI is InChI=1S/C15H12O4.2ClH/c16-14(17)12-5-1-10(2-6-12)9-11-3-7-13(8-4-11)15(18)19;;/h1-8H,9H2,(H,16,17)(H,18,19);2*1H. The molecular weight excluding hydrogens is 315 g/mol. The molecule has 0 heterocycles. The minimum absolute atomic E-state index is 0. The van der Waals surface area contributed by atoms with Crippen molar-refractivity contribution >= 4 is 36.8 Å². The summed E-state index contributed by atoms with van der Waals surface area (Å²) in [5.74, 6) is -1.89. The van der Waals surface area contributed by atoms with Crippen molar-refractivity contribution in [3.8, 4) is 0 Å². The smallest absolute Gasteiger partial charge is 0.335 e. The summed E-state index contributed by atoms with van der Waals surface area (Å²) in [6, 6.07) is 13.3. The van der Waals surface area contributed by atoms with E-state index in [1.54, 1.807) is 48.5 Å². The van der Waals surface area contributed by atoms with Crippen LogP contribution in [0.4, 0.5) is 0 Å². The van der Waals surface area contributed by atoms with Crippen molar-refractivity contribution in [1.82, 2.24) is 0 Å². The monoisotopic (exact) mass is 328 g/mol. The maximum atomic E-state index is 10.7.